The van der Waals surface area contributed by atoms with Crippen LogP contribution >= 0.6 is 0 Å². The van der Waals surface area contributed by atoms with E-state index in [0.29, 0.717) is 0 Å². The van der Waals surface area contributed by atoms with Gasteiger partial charge in [0, 0.05) is 13.1 Å². The van der Waals surface area contributed by atoms with Gasteiger partial charge in [-0.05, 0) is 19.9 Å². The Morgan fingerprint density at radius 1 is 1.77 bits per heavy atom. The molecule has 1 N–H and O–H groups in total. The highest BCUT2D eigenvalue weighted by Gasteiger charge is 2.24. The van der Waals surface area contributed by atoms with Gasteiger partial charge in [0.15, 0.2) is 0 Å². The van der Waals surface area contributed by atoms with Gasteiger partial charge >= 0.3 is 0 Å². The molecule has 1 heterocycles. The molecule has 72 valence electrons. The second-order valence-electron chi connectivity index (χ2n) is 3.14. The van der Waals surface area contributed by atoms with Gasteiger partial charge in [-0.1, -0.05) is 0 Å². The van der Waals surface area contributed by atoms with Crippen LogP contribution in [0.15, 0.2) is 0 Å². The minimum absolute atomic E-state index is 0.0709. The first kappa shape index (κ1) is 10.0. The molecule has 1 aliphatic heterocycles. The van der Waals surface area contributed by atoms with E-state index in [1.54, 1.807) is 0 Å². The maximum atomic E-state index is 11.7. The maximum absolute atomic E-state index is 11.7. The summed E-state index contributed by atoms with van der Waals surface area (Å²) in [4.78, 5) is 13.5. The van der Waals surface area contributed by atoms with Crippen LogP contribution in [0.1, 0.15) is 19.8 Å². The molecule has 0 bridgehead atoms. The van der Waals surface area contributed by atoms with Crippen molar-refractivity contribution in [3.63, 3.8) is 0 Å². The van der Waals surface area contributed by atoms with E-state index in [4.69, 9.17) is 5.26 Å². The molecule has 0 aromatic heterocycles. The molecule has 1 fully saturated rings. The summed E-state index contributed by atoms with van der Waals surface area (Å²) in [5.41, 5.74) is 0. The molecule has 4 nitrogen and oxygen atoms in total. The standard InChI is InChI=1S/C9H15N3O/c1-2-12-7-3-6-11-8(4-5-10)9(12)13/h8,11H,2-4,6-7H2,1H3. The van der Waals surface area contributed by atoms with Crippen LogP contribution in [-0.4, -0.2) is 36.5 Å². The van der Waals surface area contributed by atoms with E-state index in [9.17, 15) is 4.79 Å². The summed E-state index contributed by atoms with van der Waals surface area (Å²) in [6, 6.07) is 1.75. The van der Waals surface area contributed by atoms with Gasteiger partial charge in [-0.25, -0.2) is 0 Å². The third-order valence-corrected chi connectivity index (χ3v) is 2.28. The number of nitriles is 1. The Labute approximate surface area is 78.5 Å². The molecule has 0 aliphatic carbocycles. The quantitative estimate of drug-likeness (QED) is 0.658. The molecule has 1 saturated heterocycles. The van der Waals surface area contributed by atoms with Crippen molar-refractivity contribution in [3.8, 4) is 6.07 Å². The second kappa shape index (κ2) is 4.83. The number of hydrogen-bond acceptors (Lipinski definition) is 3. The first-order chi connectivity index (χ1) is 6.29. The van der Waals surface area contributed by atoms with Crippen LogP contribution in [0.5, 0.6) is 0 Å². The fourth-order valence-electron chi connectivity index (χ4n) is 1.53. The average Bonchev–Trinajstić information content (AvgIpc) is 2.30. The van der Waals surface area contributed by atoms with E-state index in [0.717, 1.165) is 26.1 Å². The first-order valence-corrected chi connectivity index (χ1v) is 4.68. The van der Waals surface area contributed by atoms with Crippen molar-refractivity contribution in [2.75, 3.05) is 19.6 Å². The molecular formula is C9H15N3O. The van der Waals surface area contributed by atoms with Crippen molar-refractivity contribution >= 4 is 5.91 Å². The highest BCUT2D eigenvalue weighted by Crippen LogP contribution is 2.04. The summed E-state index contributed by atoms with van der Waals surface area (Å²) in [6.45, 7) is 4.34. The Hall–Kier alpha value is -1.08. The van der Waals surface area contributed by atoms with Crippen molar-refractivity contribution in [1.82, 2.24) is 10.2 Å². The Balaban J connectivity index is 2.62. The predicted molar refractivity (Wildman–Crippen MR) is 48.9 cm³/mol. The van der Waals surface area contributed by atoms with Crippen molar-refractivity contribution < 1.29 is 4.79 Å². The van der Waals surface area contributed by atoms with E-state index >= 15 is 0 Å². The molecule has 1 unspecified atom stereocenters. The molecule has 1 atom stereocenters. The van der Waals surface area contributed by atoms with Crippen LogP contribution in [0.4, 0.5) is 0 Å². The first-order valence-electron chi connectivity index (χ1n) is 4.68. The Morgan fingerprint density at radius 2 is 2.54 bits per heavy atom. The van der Waals surface area contributed by atoms with Gasteiger partial charge < -0.3 is 10.2 Å². The van der Waals surface area contributed by atoms with E-state index in [1.807, 2.05) is 17.9 Å². The zero-order valence-electron chi connectivity index (χ0n) is 7.92. The van der Waals surface area contributed by atoms with Crippen LogP contribution in [-0.2, 0) is 4.79 Å². The zero-order chi connectivity index (χ0) is 9.68. The van der Waals surface area contributed by atoms with E-state index in [1.165, 1.54) is 0 Å². The second-order valence-corrected chi connectivity index (χ2v) is 3.14. The van der Waals surface area contributed by atoms with Gasteiger partial charge in [-0.15, -0.1) is 0 Å². The fourth-order valence-corrected chi connectivity index (χ4v) is 1.53. The molecule has 0 aromatic carbocycles. The number of nitrogens with one attached hydrogen (secondary N) is 1. The summed E-state index contributed by atoms with van der Waals surface area (Å²) in [5.74, 6) is 0.0709. The molecule has 1 amide bonds. The lowest BCUT2D eigenvalue weighted by Crippen LogP contribution is -2.43. The number of nitrogens with zero attached hydrogens (tertiary/aromatic N) is 2. The molecule has 1 rings (SSSR count). The van der Waals surface area contributed by atoms with Crippen molar-refractivity contribution in [1.29, 1.82) is 5.26 Å². The normalized spacial score (nSPS) is 23.8. The SMILES string of the molecule is CCN1CCCNC(CC#N)C1=O. The lowest BCUT2D eigenvalue weighted by Gasteiger charge is -2.21. The van der Waals surface area contributed by atoms with Crippen LogP contribution < -0.4 is 5.32 Å². The van der Waals surface area contributed by atoms with Gasteiger partial charge in [0.25, 0.3) is 0 Å². The van der Waals surface area contributed by atoms with Crippen LogP contribution in [0, 0.1) is 11.3 Å². The monoisotopic (exact) mass is 181 g/mol. The Morgan fingerprint density at radius 3 is 3.15 bits per heavy atom. The van der Waals surface area contributed by atoms with Crippen molar-refractivity contribution in [2.24, 2.45) is 0 Å². The lowest BCUT2D eigenvalue weighted by atomic mass is 10.2. The highest BCUT2D eigenvalue weighted by atomic mass is 16.2. The molecule has 0 saturated carbocycles. The van der Waals surface area contributed by atoms with Gasteiger partial charge in [0.05, 0.1) is 18.5 Å². The van der Waals surface area contributed by atoms with E-state index in [-0.39, 0.29) is 18.4 Å². The number of amides is 1. The summed E-state index contributed by atoms with van der Waals surface area (Å²) < 4.78 is 0. The van der Waals surface area contributed by atoms with Crippen LogP contribution in [0.25, 0.3) is 0 Å². The zero-order valence-corrected chi connectivity index (χ0v) is 7.92. The summed E-state index contributed by atoms with van der Waals surface area (Å²) >= 11 is 0. The molecule has 13 heavy (non-hydrogen) atoms. The topological polar surface area (TPSA) is 56.1 Å². The lowest BCUT2D eigenvalue weighted by molar-refractivity contribution is -0.132. The van der Waals surface area contributed by atoms with E-state index in [2.05, 4.69) is 5.32 Å². The predicted octanol–water partition coefficient (Wildman–Crippen LogP) is 0.110. The van der Waals surface area contributed by atoms with Gasteiger partial charge in [-0.3, -0.25) is 4.79 Å². The van der Waals surface area contributed by atoms with Gasteiger partial charge in [0.1, 0.15) is 0 Å². The van der Waals surface area contributed by atoms with Crippen LogP contribution in [0.2, 0.25) is 0 Å². The molecule has 0 aromatic rings. The summed E-state index contributed by atoms with van der Waals surface area (Å²) in [5, 5.41) is 11.6. The van der Waals surface area contributed by atoms with Gasteiger partial charge in [-0.2, -0.15) is 5.26 Å². The Kier molecular flexibility index (Phi) is 3.71. The van der Waals surface area contributed by atoms with Crippen molar-refractivity contribution in [2.45, 2.75) is 25.8 Å². The fraction of sp³-hybridized carbons (Fsp3) is 0.778. The third-order valence-electron chi connectivity index (χ3n) is 2.28. The van der Waals surface area contributed by atoms with E-state index < -0.39 is 0 Å². The third kappa shape index (κ3) is 2.43. The highest BCUT2D eigenvalue weighted by molar-refractivity contribution is 5.82. The minimum Gasteiger partial charge on any atom is -0.342 e. The number of hydrogen-bond donors (Lipinski definition) is 1. The van der Waals surface area contributed by atoms with Crippen LogP contribution in [0.3, 0.4) is 0 Å². The summed E-state index contributed by atoms with van der Waals surface area (Å²) in [7, 11) is 0. The molecule has 0 spiro atoms. The molecule has 0 radical (unpaired) electrons. The number of rotatable bonds is 2. The number of carbonyl (C=O) groups excluding carboxylic acids is 1. The largest absolute Gasteiger partial charge is 0.342 e. The van der Waals surface area contributed by atoms with Gasteiger partial charge in [0.2, 0.25) is 5.91 Å². The average molecular weight is 181 g/mol. The molecule has 4 heteroatoms. The number of likely N-dealkylation sites (N-methyl/N-ethyl adjacent to an activating group) is 1. The number of carbonyl (C=O) groups is 1. The molecular weight excluding hydrogens is 166 g/mol. The molecule has 1 aliphatic rings. The minimum atomic E-state index is -0.285. The summed E-state index contributed by atoms with van der Waals surface area (Å²) in [6.07, 6.45) is 1.25. The van der Waals surface area contributed by atoms with Crippen molar-refractivity contribution in [3.05, 3.63) is 0 Å². The smallest absolute Gasteiger partial charge is 0.240 e. The Bertz CT molecular complexity index is 221. The maximum Gasteiger partial charge on any atom is 0.240 e.